The van der Waals surface area contributed by atoms with Gasteiger partial charge in [-0.2, -0.15) is 0 Å². The van der Waals surface area contributed by atoms with Gasteiger partial charge in [0.2, 0.25) is 16.9 Å². The van der Waals surface area contributed by atoms with Crippen LogP contribution < -0.4 is 10.2 Å². The molecule has 0 bridgehead atoms. The van der Waals surface area contributed by atoms with E-state index in [2.05, 4.69) is 15.5 Å². The fourth-order valence-electron chi connectivity index (χ4n) is 2.44. The van der Waals surface area contributed by atoms with Gasteiger partial charge >= 0.3 is 0 Å². The van der Waals surface area contributed by atoms with Gasteiger partial charge in [-0.05, 0) is 26.2 Å². The van der Waals surface area contributed by atoms with Gasteiger partial charge in [0.15, 0.2) is 0 Å². The number of hydrogen-bond donors (Lipinski definition) is 2. The molecule has 2 amide bonds. The Morgan fingerprint density at radius 2 is 2.25 bits per heavy atom. The van der Waals surface area contributed by atoms with Crippen molar-refractivity contribution in [3.05, 3.63) is 5.01 Å². The van der Waals surface area contributed by atoms with E-state index in [0.29, 0.717) is 31.4 Å². The number of unbranched alkanes of at least 4 members (excludes halogenated alkanes) is 2. The first kappa shape index (κ1) is 18.8. The van der Waals surface area contributed by atoms with Crippen LogP contribution in [0.25, 0.3) is 0 Å². The van der Waals surface area contributed by atoms with Crippen molar-refractivity contribution in [1.29, 1.82) is 0 Å². The Labute approximate surface area is 145 Å². The second-order valence-corrected chi connectivity index (χ2v) is 6.64. The van der Waals surface area contributed by atoms with Gasteiger partial charge in [0.25, 0.3) is 0 Å². The molecule has 134 valence electrons. The second kappa shape index (κ2) is 9.65. The Morgan fingerprint density at radius 3 is 3.00 bits per heavy atom. The normalized spacial score (nSPS) is 17.5. The topological polar surface area (TPSA) is 105 Å². The summed E-state index contributed by atoms with van der Waals surface area (Å²) in [6, 6.07) is 0. The maximum absolute atomic E-state index is 12.2. The molecule has 1 aromatic heterocycles. The number of aliphatic hydroxyl groups is 1. The lowest BCUT2D eigenvalue weighted by molar-refractivity contribution is -0.126. The van der Waals surface area contributed by atoms with E-state index in [1.807, 2.05) is 6.92 Å². The number of aliphatic hydroxyl groups excluding tert-OH is 1. The molecule has 24 heavy (non-hydrogen) atoms. The van der Waals surface area contributed by atoms with Gasteiger partial charge in [-0.15, -0.1) is 10.2 Å². The number of nitrogens with zero attached hydrogens (tertiary/aromatic N) is 3. The van der Waals surface area contributed by atoms with Crippen LogP contribution >= 0.6 is 11.3 Å². The zero-order chi connectivity index (χ0) is 17.4. The van der Waals surface area contributed by atoms with E-state index in [4.69, 9.17) is 9.84 Å². The number of amides is 2. The molecular weight excluding hydrogens is 332 g/mol. The summed E-state index contributed by atoms with van der Waals surface area (Å²) in [5, 5.41) is 20.9. The Hall–Kier alpha value is -1.58. The minimum atomic E-state index is -0.352. The molecule has 2 N–H and O–H groups in total. The summed E-state index contributed by atoms with van der Waals surface area (Å²) in [5.74, 6) is -0.557. The highest BCUT2D eigenvalue weighted by Crippen LogP contribution is 2.28. The van der Waals surface area contributed by atoms with Gasteiger partial charge in [0.05, 0.1) is 5.92 Å². The summed E-state index contributed by atoms with van der Waals surface area (Å²) < 4.78 is 5.28. The number of nitrogens with one attached hydrogen (secondary N) is 1. The van der Waals surface area contributed by atoms with Gasteiger partial charge in [-0.1, -0.05) is 11.3 Å². The number of rotatable bonds is 10. The van der Waals surface area contributed by atoms with Crippen molar-refractivity contribution in [2.75, 3.05) is 31.2 Å². The van der Waals surface area contributed by atoms with Crippen LogP contribution in [0, 0.1) is 5.92 Å². The van der Waals surface area contributed by atoms with Crippen LogP contribution in [-0.4, -0.2) is 53.4 Å². The SMILES string of the molecule is CCOCc1nnc(N2CC(C(=O)NCCCCCO)CC2=O)s1. The first-order valence-electron chi connectivity index (χ1n) is 8.24. The first-order valence-corrected chi connectivity index (χ1v) is 9.06. The van der Waals surface area contributed by atoms with Gasteiger partial charge in [0.1, 0.15) is 11.6 Å². The minimum absolute atomic E-state index is 0.102. The van der Waals surface area contributed by atoms with Gasteiger partial charge < -0.3 is 15.2 Å². The van der Waals surface area contributed by atoms with Crippen LogP contribution in [0.15, 0.2) is 0 Å². The molecular formula is C15H24N4O4S. The molecule has 1 unspecified atom stereocenters. The summed E-state index contributed by atoms with van der Waals surface area (Å²) in [7, 11) is 0. The van der Waals surface area contributed by atoms with Crippen molar-refractivity contribution < 1.29 is 19.4 Å². The number of carbonyl (C=O) groups excluding carboxylic acids is 2. The van der Waals surface area contributed by atoms with Crippen LogP contribution in [0.3, 0.4) is 0 Å². The average Bonchev–Trinajstić information content (AvgIpc) is 3.19. The lowest BCUT2D eigenvalue weighted by atomic mass is 10.1. The molecule has 0 spiro atoms. The van der Waals surface area contributed by atoms with E-state index >= 15 is 0 Å². The molecule has 8 nitrogen and oxygen atoms in total. The highest BCUT2D eigenvalue weighted by Gasteiger charge is 2.36. The van der Waals surface area contributed by atoms with E-state index in [0.717, 1.165) is 24.3 Å². The number of ether oxygens (including phenoxy) is 1. The molecule has 1 aliphatic rings. The van der Waals surface area contributed by atoms with E-state index in [1.54, 1.807) is 0 Å². The predicted octanol–water partition coefficient (Wildman–Crippen LogP) is 0.706. The molecule has 2 heterocycles. The first-order chi connectivity index (χ1) is 11.7. The molecule has 2 rings (SSSR count). The van der Waals surface area contributed by atoms with Crippen LogP contribution in [0.4, 0.5) is 5.13 Å². The zero-order valence-electron chi connectivity index (χ0n) is 13.9. The van der Waals surface area contributed by atoms with Crippen LogP contribution in [0.2, 0.25) is 0 Å². The summed E-state index contributed by atoms with van der Waals surface area (Å²) >= 11 is 1.32. The van der Waals surface area contributed by atoms with Crippen molar-refractivity contribution in [3.8, 4) is 0 Å². The van der Waals surface area contributed by atoms with Crippen molar-refractivity contribution in [3.63, 3.8) is 0 Å². The second-order valence-electron chi connectivity index (χ2n) is 5.60. The monoisotopic (exact) mass is 356 g/mol. The summed E-state index contributed by atoms with van der Waals surface area (Å²) in [6.45, 7) is 3.96. The Balaban J connectivity index is 1.81. The Morgan fingerprint density at radius 1 is 1.42 bits per heavy atom. The predicted molar refractivity (Wildman–Crippen MR) is 89.6 cm³/mol. The fourth-order valence-corrected chi connectivity index (χ4v) is 3.24. The number of hydrogen-bond acceptors (Lipinski definition) is 7. The van der Waals surface area contributed by atoms with E-state index < -0.39 is 0 Å². The molecule has 0 radical (unpaired) electrons. The average molecular weight is 356 g/mol. The van der Waals surface area contributed by atoms with Crippen molar-refractivity contribution in [2.24, 2.45) is 5.92 Å². The maximum Gasteiger partial charge on any atom is 0.229 e. The van der Waals surface area contributed by atoms with Crippen LogP contribution in [0.5, 0.6) is 0 Å². The minimum Gasteiger partial charge on any atom is -0.396 e. The highest BCUT2D eigenvalue weighted by atomic mass is 32.1. The van der Waals surface area contributed by atoms with Crippen LogP contribution in [-0.2, 0) is 20.9 Å². The molecule has 1 saturated heterocycles. The van der Waals surface area contributed by atoms with E-state index in [9.17, 15) is 9.59 Å². The lowest BCUT2D eigenvalue weighted by Crippen LogP contribution is -2.33. The van der Waals surface area contributed by atoms with Gasteiger partial charge in [0, 0.05) is 32.7 Å². The smallest absolute Gasteiger partial charge is 0.229 e. The molecule has 1 atom stereocenters. The van der Waals surface area contributed by atoms with Crippen molar-refractivity contribution in [1.82, 2.24) is 15.5 Å². The Kier molecular flexibility index (Phi) is 7.54. The molecule has 0 aromatic carbocycles. The summed E-state index contributed by atoms with van der Waals surface area (Å²) in [4.78, 5) is 25.8. The summed E-state index contributed by atoms with van der Waals surface area (Å²) in [5.41, 5.74) is 0. The van der Waals surface area contributed by atoms with Crippen molar-refractivity contribution in [2.45, 2.75) is 39.2 Å². The third-order valence-corrected chi connectivity index (χ3v) is 4.67. The Bertz CT molecular complexity index is 551. The standard InChI is InChI=1S/C15H24N4O4S/c1-2-23-10-12-17-18-15(24-12)19-9-11(8-13(19)21)14(22)16-6-4-3-5-7-20/h11,20H,2-10H2,1H3,(H,16,22). The molecule has 1 aliphatic heterocycles. The van der Waals surface area contributed by atoms with Gasteiger partial charge in [-0.3, -0.25) is 14.5 Å². The highest BCUT2D eigenvalue weighted by molar-refractivity contribution is 7.15. The third kappa shape index (κ3) is 5.22. The zero-order valence-corrected chi connectivity index (χ0v) is 14.7. The van der Waals surface area contributed by atoms with Crippen molar-refractivity contribution >= 4 is 28.3 Å². The number of carbonyl (C=O) groups is 2. The van der Waals surface area contributed by atoms with Crippen LogP contribution in [0.1, 0.15) is 37.6 Å². The molecule has 1 aromatic rings. The lowest BCUT2D eigenvalue weighted by Gasteiger charge is -2.12. The molecule has 1 fully saturated rings. The van der Waals surface area contributed by atoms with E-state index in [-0.39, 0.29) is 30.8 Å². The largest absolute Gasteiger partial charge is 0.396 e. The molecule has 0 aliphatic carbocycles. The van der Waals surface area contributed by atoms with E-state index in [1.165, 1.54) is 16.2 Å². The fraction of sp³-hybridized carbons (Fsp3) is 0.733. The number of aromatic nitrogens is 2. The third-order valence-electron chi connectivity index (χ3n) is 3.75. The maximum atomic E-state index is 12.2. The number of anilines is 1. The molecule has 9 heteroatoms. The van der Waals surface area contributed by atoms with Gasteiger partial charge in [-0.25, -0.2) is 0 Å². The quantitative estimate of drug-likeness (QED) is 0.598. The molecule has 0 saturated carbocycles. The summed E-state index contributed by atoms with van der Waals surface area (Å²) in [6.07, 6.45) is 2.64.